The van der Waals surface area contributed by atoms with Gasteiger partial charge in [-0.15, -0.1) is 0 Å². The van der Waals surface area contributed by atoms with Crippen LogP contribution in [0.3, 0.4) is 0 Å². The maximum absolute atomic E-state index is 11.4. The van der Waals surface area contributed by atoms with Gasteiger partial charge in [0, 0.05) is 5.56 Å². The number of nitrogens with one attached hydrogen (secondary N) is 2. The summed E-state index contributed by atoms with van der Waals surface area (Å²) >= 11 is 0. The Bertz CT molecular complexity index is 519. The molecule has 16 heavy (non-hydrogen) atoms. The summed E-state index contributed by atoms with van der Waals surface area (Å²) in [5.74, 6) is -0.825. The van der Waals surface area contributed by atoms with Crippen LogP contribution in [0.25, 0.3) is 0 Å². The molecular weight excluding hydrogens is 234 g/mol. The molecule has 0 spiro atoms. The number of nitrogens with zero attached hydrogens (tertiary/aromatic N) is 1. The Morgan fingerprint density at radius 2 is 1.88 bits per heavy atom. The molecule has 1 aromatic rings. The van der Waals surface area contributed by atoms with E-state index in [0.29, 0.717) is 0 Å². The summed E-state index contributed by atoms with van der Waals surface area (Å²) in [7, 11) is -4.17. The summed E-state index contributed by atoms with van der Waals surface area (Å²) in [6.45, 7) is 0. The van der Waals surface area contributed by atoms with Crippen molar-refractivity contribution in [3.8, 4) is 0 Å². The second kappa shape index (κ2) is 5.06. The first-order valence-electron chi connectivity index (χ1n) is 4.01. The van der Waals surface area contributed by atoms with E-state index in [0.717, 1.165) is 6.08 Å². The third kappa shape index (κ3) is 3.52. The van der Waals surface area contributed by atoms with Crippen LogP contribution >= 0.6 is 0 Å². The molecular formula is C8H7N3O4S. The molecule has 7 nitrogen and oxygen atoms in total. The number of hydrogen-bond donors (Lipinski definition) is 2. The zero-order valence-corrected chi connectivity index (χ0v) is 8.69. The van der Waals surface area contributed by atoms with E-state index in [2.05, 4.69) is 5.10 Å². The molecule has 1 rings (SSSR count). The fourth-order valence-corrected chi connectivity index (χ4v) is 1.44. The van der Waals surface area contributed by atoms with E-state index >= 15 is 0 Å². The third-order valence-corrected chi connectivity index (χ3v) is 2.26. The molecule has 0 aliphatic rings. The van der Waals surface area contributed by atoms with E-state index in [1.165, 1.54) is 17.0 Å². The van der Waals surface area contributed by atoms with Gasteiger partial charge in [0.1, 0.15) is 0 Å². The van der Waals surface area contributed by atoms with Crippen molar-refractivity contribution in [2.45, 2.75) is 0 Å². The minimum Gasteiger partial charge on any atom is -0.268 e. The Labute approximate surface area is 91.3 Å². The molecule has 0 aliphatic carbocycles. The summed E-state index contributed by atoms with van der Waals surface area (Å²) < 4.78 is 23.8. The first kappa shape index (κ1) is 11.9. The number of hydrogen-bond acceptors (Lipinski definition) is 5. The predicted molar refractivity (Wildman–Crippen MR) is 54.1 cm³/mol. The second-order valence-electron chi connectivity index (χ2n) is 2.60. The van der Waals surface area contributed by atoms with Gasteiger partial charge in [-0.05, 0) is 12.1 Å². The highest BCUT2D eigenvalue weighted by Crippen LogP contribution is 1.98. The van der Waals surface area contributed by atoms with Gasteiger partial charge in [0.05, 0.1) is 0 Å². The van der Waals surface area contributed by atoms with Crippen LogP contribution in [-0.2, 0) is 15.0 Å². The molecule has 0 aliphatic heterocycles. The molecule has 0 aromatic heterocycles. The van der Waals surface area contributed by atoms with Gasteiger partial charge < -0.3 is 0 Å². The minimum atomic E-state index is -4.17. The van der Waals surface area contributed by atoms with Crippen molar-refractivity contribution >= 4 is 22.2 Å². The Hall–Kier alpha value is -2.18. The zero-order valence-electron chi connectivity index (χ0n) is 7.88. The summed E-state index contributed by atoms with van der Waals surface area (Å²) in [5, 5.41) is 2.63. The van der Waals surface area contributed by atoms with Crippen molar-refractivity contribution in [2.75, 3.05) is 0 Å². The van der Waals surface area contributed by atoms with Gasteiger partial charge in [-0.2, -0.15) is 13.2 Å². The lowest BCUT2D eigenvalue weighted by molar-refractivity contribution is 0.0981. The average molecular weight is 241 g/mol. The molecule has 0 fully saturated rings. The van der Waals surface area contributed by atoms with Crippen LogP contribution in [0.2, 0.25) is 0 Å². The van der Waals surface area contributed by atoms with E-state index in [9.17, 15) is 18.0 Å². The van der Waals surface area contributed by atoms with E-state index in [1.807, 2.05) is 0 Å². The number of isocyanates is 1. The lowest BCUT2D eigenvalue weighted by Crippen LogP contribution is -2.37. The Kier molecular flexibility index (Phi) is 3.76. The number of rotatable bonds is 4. The van der Waals surface area contributed by atoms with E-state index in [1.54, 1.807) is 22.9 Å². The smallest absolute Gasteiger partial charge is 0.268 e. The number of benzene rings is 1. The second-order valence-corrected chi connectivity index (χ2v) is 3.99. The number of carbonyl (C=O) groups is 1. The molecule has 0 saturated heterocycles. The van der Waals surface area contributed by atoms with Gasteiger partial charge in [0.2, 0.25) is 0 Å². The fourth-order valence-electron chi connectivity index (χ4n) is 0.872. The first-order chi connectivity index (χ1) is 7.55. The highest BCUT2D eigenvalue weighted by molar-refractivity contribution is 7.88. The molecule has 0 saturated carbocycles. The predicted octanol–water partition coefficient (Wildman–Crippen LogP) is -0.498. The lowest BCUT2D eigenvalue weighted by atomic mass is 10.2. The number of carbonyl (C=O) groups excluding carboxylic acids is 2. The van der Waals surface area contributed by atoms with Crippen LogP contribution in [-0.4, -0.2) is 20.4 Å². The van der Waals surface area contributed by atoms with E-state index < -0.39 is 16.1 Å². The van der Waals surface area contributed by atoms with Crippen LogP contribution in [0.5, 0.6) is 0 Å². The quantitative estimate of drug-likeness (QED) is 0.421. The molecule has 0 unspecified atom stereocenters. The summed E-state index contributed by atoms with van der Waals surface area (Å²) in [6, 6.07) is 7.72. The van der Waals surface area contributed by atoms with Crippen molar-refractivity contribution in [3.05, 3.63) is 35.9 Å². The standard InChI is InChI=1S/C8H7N3O4S/c12-6-9-11-16(14,15)10-8(13)7-4-2-1-3-5-7/h1-5,11H,(H,10,13). The van der Waals surface area contributed by atoms with Crippen LogP contribution in [0.1, 0.15) is 10.4 Å². The highest BCUT2D eigenvalue weighted by Gasteiger charge is 2.14. The molecule has 0 radical (unpaired) electrons. The van der Waals surface area contributed by atoms with Gasteiger partial charge in [-0.25, -0.2) is 9.52 Å². The molecule has 84 valence electrons. The van der Waals surface area contributed by atoms with Crippen LogP contribution < -0.4 is 9.55 Å². The lowest BCUT2D eigenvalue weighted by Gasteiger charge is -2.04. The number of amides is 1. The van der Waals surface area contributed by atoms with Crippen molar-refractivity contribution in [1.29, 1.82) is 0 Å². The van der Waals surface area contributed by atoms with Crippen LogP contribution in [0.15, 0.2) is 35.4 Å². The van der Waals surface area contributed by atoms with Gasteiger partial charge in [0.25, 0.3) is 12.0 Å². The SMILES string of the molecule is O=C=NNS(=O)(=O)NC(=O)c1ccccc1. The van der Waals surface area contributed by atoms with Crippen molar-refractivity contribution in [1.82, 2.24) is 9.55 Å². The van der Waals surface area contributed by atoms with Crippen molar-refractivity contribution < 1.29 is 18.0 Å². The monoisotopic (exact) mass is 241 g/mol. The van der Waals surface area contributed by atoms with Crippen molar-refractivity contribution in [2.24, 2.45) is 5.10 Å². The van der Waals surface area contributed by atoms with Crippen molar-refractivity contribution in [3.63, 3.8) is 0 Å². The highest BCUT2D eigenvalue weighted by atomic mass is 32.2. The Balaban J connectivity index is 2.76. The molecule has 1 aromatic carbocycles. The zero-order chi connectivity index (χ0) is 12.0. The summed E-state index contributed by atoms with van der Waals surface area (Å²) in [6.07, 6.45) is 0.970. The van der Waals surface area contributed by atoms with Gasteiger partial charge in [0.15, 0.2) is 0 Å². The molecule has 0 atom stereocenters. The van der Waals surface area contributed by atoms with Gasteiger partial charge in [-0.3, -0.25) is 4.79 Å². The maximum atomic E-state index is 11.4. The van der Waals surface area contributed by atoms with Gasteiger partial charge in [-0.1, -0.05) is 23.3 Å². The van der Waals surface area contributed by atoms with Gasteiger partial charge >= 0.3 is 10.2 Å². The summed E-state index contributed by atoms with van der Waals surface area (Å²) in [5.41, 5.74) is 0.169. The number of hydrazone groups is 1. The molecule has 0 heterocycles. The maximum Gasteiger partial charge on any atom is 0.339 e. The van der Waals surface area contributed by atoms with Crippen LogP contribution in [0.4, 0.5) is 0 Å². The Morgan fingerprint density at radius 1 is 1.25 bits per heavy atom. The summed E-state index contributed by atoms with van der Waals surface area (Å²) in [4.78, 5) is 22.5. The molecule has 2 N–H and O–H groups in total. The first-order valence-corrected chi connectivity index (χ1v) is 5.49. The molecule has 8 heteroatoms. The fraction of sp³-hybridized carbons (Fsp3) is 0. The molecule has 1 amide bonds. The normalized spacial score (nSPS) is 10.0. The van der Waals surface area contributed by atoms with E-state index in [-0.39, 0.29) is 5.56 Å². The topological polar surface area (TPSA) is 105 Å². The largest absolute Gasteiger partial charge is 0.339 e. The van der Waals surface area contributed by atoms with E-state index in [4.69, 9.17) is 0 Å². The minimum absolute atomic E-state index is 0.169. The Morgan fingerprint density at radius 3 is 2.44 bits per heavy atom. The van der Waals surface area contributed by atoms with Crippen LogP contribution in [0, 0.1) is 0 Å². The average Bonchev–Trinajstić information content (AvgIpc) is 2.27. The third-order valence-electron chi connectivity index (χ3n) is 1.47. The molecule has 0 bridgehead atoms.